The van der Waals surface area contributed by atoms with Crippen molar-refractivity contribution in [1.29, 1.82) is 0 Å². The van der Waals surface area contributed by atoms with Crippen LogP contribution in [0.25, 0.3) is 0 Å². The van der Waals surface area contributed by atoms with Gasteiger partial charge in [0.05, 0.1) is 5.69 Å². The average molecular weight is 247 g/mol. The third kappa shape index (κ3) is 2.70. The highest BCUT2D eigenvalue weighted by molar-refractivity contribution is 7.13. The first-order chi connectivity index (χ1) is 7.10. The molecule has 0 saturated heterocycles. The predicted octanol–water partition coefficient (Wildman–Crippen LogP) is 1.59. The lowest BCUT2D eigenvalue weighted by Crippen LogP contribution is -2.20. The largest absolute Gasteiger partial charge is 0.354 e. The zero-order chi connectivity index (χ0) is 11.4. The molecule has 1 rings (SSSR count). The maximum atomic E-state index is 11.4. The topological polar surface area (TPSA) is 58.2 Å². The second-order valence-corrected chi connectivity index (χ2v) is 4.03. The lowest BCUT2D eigenvalue weighted by Gasteiger charge is -2.05. The molecular weight excluding hydrogens is 236 g/mol. The normalized spacial score (nSPS) is 9.80. The average Bonchev–Trinajstić information content (AvgIpc) is 2.59. The van der Waals surface area contributed by atoms with Crippen molar-refractivity contribution in [2.75, 3.05) is 18.2 Å². The van der Waals surface area contributed by atoms with Crippen LogP contribution in [0.1, 0.15) is 15.2 Å². The summed E-state index contributed by atoms with van der Waals surface area (Å²) in [7, 11) is 1.55. The molecule has 1 heterocycles. The first kappa shape index (κ1) is 12.0. The first-order valence-corrected chi connectivity index (χ1v) is 5.67. The van der Waals surface area contributed by atoms with E-state index in [2.05, 4.69) is 10.6 Å². The third-order valence-electron chi connectivity index (χ3n) is 1.79. The molecule has 0 aliphatic rings. The SMILES string of the molecule is CNC(=O)c1scc(C)c1NC(=O)CCl. The Morgan fingerprint density at radius 1 is 1.53 bits per heavy atom. The molecule has 2 amide bonds. The Bertz CT molecular complexity index is 389. The Hall–Kier alpha value is -1.07. The van der Waals surface area contributed by atoms with Crippen LogP contribution in [0.3, 0.4) is 0 Å². The number of alkyl halides is 1. The highest BCUT2D eigenvalue weighted by atomic mass is 35.5. The molecule has 0 atom stereocenters. The number of hydrogen-bond donors (Lipinski definition) is 2. The van der Waals surface area contributed by atoms with Crippen molar-refractivity contribution in [2.24, 2.45) is 0 Å². The summed E-state index contributed by atoms with van der Waals surface area (Å²) in [5.41, 5.74) is 1.40. The van der Waals surface area contributed by atoms with Crippen molar-refractivity contribution < 1.29 is 9.59 Å². The number of aryl methyl sites for hydroxylation is 1. The number of rotatable bonds is 3. The molecule has 2 N–H and O–H groups in total. The summed E-state index contributed by atoms with van der Waals surface area (Å²) >= 11 is 6.67. The third-order valence-corrected chi connectivity index (χ3v) is 3.13. The molecule has 0 bridgehead atoms. The monoisotopic (exact) mass is 246 g/mol. The summed E-state index contributed by atoms with van der Waals surface area (Å²) in [5, 5.41) is 6.93. The Kier molecular flexibility index (Phi) is 4.11. The number of hydrogen-bond acceptors (Lipinski definition) is 3. The van der Waals surface area contributed by atoms with Crippen LogP contribution in [-0.2, 0) is 4.79 Å². The number of carbonyl (C=O) groups is 2. The zero-order valence-electron chi connectivity index (χ0n) is 8.39. The highest BCUT2D eigenvalue weighted by Crippen LogP contribution is 2.27. The lowest BCUT2D eigenvalue weighted by molar-refractivity contribution is -0.113. The molecule has 0 aromatic carbocycles. The fourth-order valence-electron chi connectivity index (χ4n) is 1.05. The van der Waals surface area contributed by atoms with Gasteiger partial charge in [-0.2, -0.15) is 0 Å². The minimum atomic E-state index is -0.316. The first-order valence-electron chi connectivity index (χ1n) is 4.26. The number of nitrogens with one attached hydrogen (secondary N) is 2. The van der Waals surface area contributed by atoms with Gasteiger partial charge in [-0.3, -0.25) is 9.59 Å². The van der Waals surface area contributed by atoms with E-state index in [0.29, 0.717) is 10.6 Å². The number of amides is 2. The molecule has 1 aromatic rings. The second-order valence-electron chi connectivity index (χ2n) is 2.88. The maximum absolute atomic E-state index is 11.4. The van der Waals surface area contributed by atoms with Gasteiger partial charge in [-0.25, -0.2) is 0 Å². The van der Waals surface area contributed by atoms with Gasteiger partial charge in [-0.05, 0) is 17.9 Å². The van der Waals surface area contributed by atoms with Crippen LogP contribution in [0, 0.1) is 6.92 Å². The number of thiophene rings is 1. The molecule has 0 saturated carbocycles. The molecule has 82 valence electrons. The smallest absolute Gasteiger partial charge is 0.263 e. The predicted molar refractivity (Wildman–Crippen MR) is 61.8 cm³/mol. The van der Waals surface area contributed by atoms with E-state index < -0.39 is 0 Å². The quantitative estimate of drug-likeness (QED) is 0.796. The fraction of sp³-hybridized carbons (Fsp3) is 0.333. The van der Waals surface area contributed by atoms with E-state index in [0.717, 1.165) is 5.56 Å². The van der Waals surface area contributed by atoms with Crippen LogP contribution in [0.4, 0.5) is 5.69 Å². The number of halogens is 1. The molecule has 0 aliphatic carbocycles. The molecule has 6 heteroatoms. The zero-order valence-corrected chi connectivity index (χ0v) is 9.96. The van der Waals surface area contributed by atoms with Gasteiger partial charge in [0, 0.05) is 7.05 Å². The van der Waals surface area contributed by atoms with Crippen molar-refractivity contribution in [3.8, 4) is 0 Å². The van der Waals surface area contributed by atoms with E-state index in [-0.39, 0.29) is 17.7 Å². The fourth-order valence-corrected chi connectivity index (χ4v) is 2.07. The van der Waals surface area contributed by atoms with E-state index in [4.69, 9.17) is 11.6 Å². The minimum Gasteiger partial charge on any atom is -0.354 e. The van der Waals surface area contributed by atoms with Crippen molar-refractivity contribution >= 4 is 40.4 Å². The molecule has 1 aromatic heterocycles. The van der Waals surface area contributed by atoms with E-state index in [1.54, 1.807) is 7.05 Å². The molecule has 15 heavy (non-hydrogen) atoms. The van der Waals surface area contributed by atoms with Crippen LogP contribution in [0.15, 0.2) is 5.38 Å². The van der Waals surface area contributed by atoms with E-state index in [1.165, 1.54) is 11.3 Å². The van der Waals surface area contributed by atoms with E-state index in [1.807, 2.05) is 12.3 Å². The van der Waals surface area contributed by atoms with Gasteiger partial charge in [-0.15, -0.1) is 22.9 Å². The lowest BCUT2D eigenvalue weighted by atomic mass is 10.2. The van der Waals surface area contributed by atoms with Gasteiger partial charge in [0.2, 0.25) is 5.91 Å². The van der Waals surface area contributed by atoms with Gasteiger partial charge in [0.25, 0.3) is 5.91 Å². The Balaban J connectivity index is 2.99. The second kappa shape index (κ2) is 5.14. The van der Waals surface area contributed by atoms with Crippen molar-refractivity contribution in [1.82, 2.24) is 5.32 Å². The summed E-state index contributed by atoms with van der Waals surface area (Å²) in [6.07, 6.45) is 0. The van der Waals surface area contributed by atoms with Gasteiger partial charge >= 0.3 is 0 Å². The van der Waals surface area contributed by atoms with E-state index >= 15 is 0 Å². The molecular formula is C9H11ClN2O2S. The maximum Gasteiger partial charge on any atom is 0.263 e. The summed E-state index contributed by atoms with van der Waals surface area (Å²) in [5.74, 6) is -0.649. The Labute approximate surface area is 96.6 Å². The highest BCUT2D eigenvalue weighted by Gasteiger charge is 2.16. The molecule has 0 fully saturated rings. The van der Waals surface area contributed by atoms with Gasteiger partial charge in [0.1, 0.15) is 10.8 Å². The van der Waals surface area contributed by atoms with Gasteiger partial charge < -0.3 is 10.6 Å². The molecule has 0 unspecified atom stereocenters. The van der Waals surface area contributed by atoms with Crippen molar-refractivity contribution in [3.63, 3.8) is 0 Å². The van der Waals surface area contributed by atoms with Crippen LogP contribution >= 0.6 is 22.9 Å². The van der Waals surface area contributed by atoms with Gasteiger partial charge in [0.15, 0.2) is 0 Å². The Morgan fingerprint density at radius 3 is 2.73 bits per heavy atom. The summed E-state index contributed by atoms with van der Waals surface area (Å²) in [4.78, 5) is 23.1. The summed E-state index contributed by atoms with van der Waals surface area (Å²) < 4.78 is 0. The summed E-state index contributed by atoms with van der Waals surface area (Å²) in [6, 6.07) is 0. The number of anilines is 1. The summed E-state index contributed by atoms with van der Waals surface area (Å²) in [6.45, 7) is 1.83. The van der Waals surface area contributed by atoms with Crippen molar-refractivity contribution in [3.05, 3.63) is 15.8 Å². The molecule has 0 radical (unpaired) electrons. The molecule has 0 spiro atoms. The van der Waals surface area contributed by atoms with E-state index in [9.17, 15) is 9.59 Å². The van der Waals surface area contributed by atoms with Gasteiger partial charge in [-0.1, -0.05) is 0 Å². The van der Waals surface area contributed by atoms with Crippen LogP contribution in [0.2, 0.25) is 0 Å². The number of carbonyl (C=O) groups excluding carboxylic acids is 2. The molecule has 4 nitrogen and oxygen atoms in total. The Morgan fingerprint density at radius 2 is 2.20 bits per heavy atom. The van der Waals surface area contributed by atoms with Crippen LogP contribution < -0.4 is 10.6 Å². The standard InChI is InChI=1S/C9H11ClN2O2S/c1-5-4-15-8(9(14)11-2)7(5)12-6(13)3-10/h4H,3H2,1-2H3,(H,11,14)(H,12,13). The minimum absolute atomic E-state index is 0.123. The van der Waals surface area contributed by atoms with Crippen LogP contribution in [0.5, 0.6) is 0 Å². The van der Waals surface area contributed by atoms with Crippen LogP contribution in [-0.4, -0.2) is 24.7 Å². The van der Waals surface area contributed by atoms with Crippen molar-refractivity contribution in [2.45, 2.75) is 6.92 Å². The molecule has 0 aliphatic heterocycles.